The molecule has 0 aliphatic carbocycles. The van der Waals surface area contributed by atoms with Crippen LogP contribution >= 0.6 is 11.8 Å². The Hall–Kier alpha value is -0.510. The summed E-state index contributed by atoms with van der Waals surface area (Å²) < 4.78 is 0. The summed E-state index contributed by atoms with van der Waals surface area (Å²) >= 11 is 1.77. The van der Waals surface area contributed by atoms with Gasteiger partial charge in [0.15, 0.2) is 0 Å². The summed E-state index contributed by atoms with van der Waals surface area (Å²) in [5.41, 5.74) is 7.17. The summed E-state index contributed by atoms with van der Waals surface area (Å²) in [6.45, 7) is 5.05. The van der Waals surface area contributed by atoms with E-state index in [4.69, 9.17) is 5.73 Å². The fourth-order valence-corrected chi connectivity index (χ4v) is 2.13. The largest absolute Gasteiger partial charge is 0.329 e. The highest BCUT2D eigenvalue weighted by atomic mass is 32.2. The summed E-state index contributed by atoms with van der Waals surface area (Å²) in [5, 5.41) is 0. The van der Waals surface area contributed by atoms with Gasteiger partial charge in [0.25, 0.3) is 0 Å². The maximum atomic E-state index is 5.87. The van der Waals surface area contributed by atoms with E-state index in [0.717, 1.165) is 0 Å². The van der Waals surface area contributed by atoms with Crippen LogP contribution in [0.5, 0.6) is 0 Å². The Balaban J connectivity index is 2.86. The molecule has 0 bridgehead atoms. The van der Waals surface area contributed by atoms with Gasteiger partial charge in [-0.1, -0.05) is 12.1 Å². The third-order valence-corrected chi connectivity index (χ3v) is 3.77. The zero-order chi connectivity index (χ0) is 12.1. The second kappa shape index (κ2) is 6.28. The summed E-state index contributed by atoms with van der Waals surface area (Å²) in [5.74, 6) is 0. The Bertz CT molecular complexity index is 308. The highest BCUT2D eigenvalue weighted by Gasteiger charge is 2.17. The van der Waals surface area contributed by atoms with Crippen molar-refractivity contribution in [3.8, 4) is 0 Å². The van der Waals surface area contributed by atoms with Gasteiger partial charge in [-0.15, -0.1) is 11.8 Å². The number of nitrogens with zero attached hydrogens (tertiary/aromatic N) is 1. The summed E-state index contributed by atoms with van der Waals surface area (Å²) in [6.07, 6.45) is 2.09. The van der Waals surface area contributed by atoms with Crippen LogP contribution in [-0.4, -0.2) is 30.8 Å². The van der Waals surface area contributed by atoms with Gasteiger partial charge >= 0.3 is 0 Å². The van der Waals surface area contributed by atoms with Crippen molar-refractivity contribution in [2.75, 3.05) is 19.8 Å². The lowest BCUT2D eigenvalue weighted by Gasteiger charge is -2.30. The molecule has 0 spiro atoms. The SMILES string of the molecule is CSc1ccc(C(CN)N(C)C(C)C)cc1. The highest BCUT2D eigenvalue weighted by Crippen LogP contribution is 2.23. The first kappa shape index (κ1) is 13.6. The molecule has 0 heterocycles. The third kappa shape index (κ3) is 3.24. The molecule has 16 heavy (non-hydrogen) atoms. The minimum atomic E-state index is 0.316. The van der Waals surface area contributed by atoms with Crippen molar-refractivity contribution in [2.45, 2.75) is 30.8 Å². The van der Waals surface area contributed by atoms with Crippen molar-refractivity contribution in [1.29, 1.82) is 0 Å². The van der Waals surface area contributed by atoms with Gasteiger partial charge in [-0.3, -0.25) is 4.90 Å². The maximum Gasteiger partial charge on any atom is 0.0470 e. The highest BCUT2D eigenvalue weighted by molar-refractivity contribution is 7.98. The summed E-state index contributed by atoms with van der Waals surface area (Å²) in [6, 6.07) is 9.52. The smallest absolute Gasteiger partial charge is 0.0470 e. The number of rotatable bonds is 5. The molecule has 0 aromatic heterocycles. The van der Waals surface area contributed by atoms with E-state index in [1.165, 1.54) is 10.5 Å². The van der Waals surface area contributed by atoms with Crippen LogP contribution in [0.3, 0.4) is 0 Å². The fraction of sp³-hybridized carbons (Fsp3) is 0.538. The van der Waals surface area contributed by atoms with E-state index in [1.54, 1.807) is 11.8 Å². The molecule has 0 saturated heterocycles. The number of hydrogen-bond donors (Lipinski definition) is 1. The van der Waals surface area contributed by atoms with Crippen LogP contribution in [0.2, 0.25) is 0 Å². The van der Waals surface area contributed by atoms with Gasteiger partial charge in [-0.2, -0.15) is 0 Å². The molecular formula is C13H22N2S. The molecule has 1 rings (SSSR count). The molecule has 3 heteroatoms. The monoisotopic (exact) mass is 238 g/mol. The van der Waals surface area contributed by atoms with Crippen molar-refractivity contribution in [3.63, 3.8) is 0 Å². The summed E-state index contributed by atoms with van der Waals surface area (Å²) in [4.78, 5) is 3.61. The third-order valence-electron chi connectivity index (χ3n) is 3.03. The first-order chi connectivity index (χ1) is 7.60. The molecule has 0 aliphatic rings. The van der Waals surface area contributed by atoms with Gasteiger partial charge < -0.3 is 5.73 Å². The van der Waals surface area contributed by atoms with E-state index in [9.17, 15) is 0 Å². The lowest BCUT2D eigenvalue weighted by atomic mass is 10.0. The van der Waals surface area contributed by atoms with E-state index in [-0.39, 0.29) is 0 Å². The Morgan fingerprint density at radius 2 is 1.81 bits per heavy atom. The predicted molar refractivity (Wildman–Crippen MR) is 72.9 cm³/mol. The van der Waals surface area contributed by atoms with Crippen molar-refractivity contribution in [2.24, 2.45) is 5.73 Å². The zero-order valence-electron chi connectivity index (χ0n) is 10.6. The minimum absolute atomic E-state index is 0.316. The quantitative estimate of drug-likeness (QED) is 0.800. The van der Waals surface area contributed by atoms with Crippen LogP contribution in [0.4, 0.5) is 0 Å². The molecule has 1 atom stereocenters. The fourth-order valence-electron chi connectivity index (χ4n) is 1.72. The van der Waals surface area contributed by atoms with Crippen LogP contribution in [0.25, 0.3) is 0 Å². The molecule has 1 aromatic rings. The minimum Gasteiger partial charge on any atom is -0.329 e. The Morgan fingerprint density at radius 3 is 2.19 bits per heavy atom. The van der Waals surface area contributed by atoms with Crippen LogP contribution in [-0.2, 0) is 0 Å². The number of nitrogens with two attached hydrogens (primary N) is 1. The lowest BCUT2D eigenvalue weighted by Crippen LogP contribution is -2.35. The van der Waals surface area contributed by atoms with E-state index < -0.39 is 0 Å². The molecule has 2 nitrogen and oxygen atoms in total. The van der Waals surface area contributed by atoms with Gasteiger partial charge in [0.05, 0.1) is 0 Å². The predicted octanol–water partition coefficient (Wildman–Crippen LogP) is 2.75. The van der Waals surface area contributed by atoms with Gasteiger partial charge in [-0.05, 0) is 44.8 Å². The number of likely N-dealkylation sites (N-methyl/N-ethyl adjacent to an activating group) is 1. The van der Waals surface area contributed by atoms with Crippen molar-refractivity contribution < 1.29 is 0 Å². The molecule has 0 aliphatic heterocycles. The molecule has 1 unspecified atom stereocenters. The molecule has 1 aromatic carbocycles. The standard InChI is InChI=1S/C13H22N2S/c1-10(2)15(3)13(9-14)11-5-7-12(16-4)8-6-11/h5-8,10,13H,9,14H2,1-4H3. The second-order valence-electron chi connectivity index (χ2n) is 4.28. The average Bonchev–Trinajstić information content (AvgIpc) is 2.30. The van der Waals surface area contributed by atoms with Crippen LogP contribution in [0.15, 0.2) is 29.2 Å². The first-order valence-electron chi connectivity index (χ1n) is 5.66. The van der Waals surface area contributed by atoms with Gasteiger partial charge in [0.1, 0.15) is 0 Å². The Labute approximate surface area is 103 Å². The summed E-state index contributed by atoms with van der Waals surface area (Å²) in [7, 11) is 2.13. The Morgan fingerprint density at radius 1 is 1.25 bits per heavy atom. The van der Waals surface area contributed by atoms with Gasteiger partial charge in [-0.25, -0.2) is 0 Å². The van der Waals surface area contributed by atoms with Crippen LogP contribution in [0.1, 0.15) is 25.5 Å². The normalized spacial score (nSPS) is 13.4. The number of thioether (sulfide) groups is 1. The molecule has 0 amide bonds. The maximum absolute atomic E-state index is 5.87. The number of benzene rings is 1. The topological polar surface area (TPSA) is 29.3 Å². The van der Waals surface area contributed by atoms with E-state index >= 15 is 0 Å². The molecule has 0 saturated carbocycles. The van der Waals surface area contributed by atoms with E-state index in [2.05, 4.69) is 56.3 Å². The van der Waals surface area contributed by atoms with Crippen molar-refractivity contribution in [3.05, 3.63) is 29.8 Å². The zero-order valence-corrected chi connectivity index (χ0v) is 11.4. The molecule has 2 N–H and O–H groups in total. The lowest BCUT2D eigenvalue weighted by molar-refractivity contribution is 0.201. The molecule has 0 fully saturated rings. The van der Waals surface area contributed by atoms with Crippen molar-refractivity contribution >= 4 is 11.8 Å². The Kier molecular flexibility index (Phi) is 5.32. The molecular weight excluding hydrogens is 216 g/mol. The second-order valence-corrected chi connectivity index (χ2v) is 5.16. The van der Waals surface area contributed by atoms with Gasteiger partial charge in [0.2, 0.25) is 0 Å². The van der Waals surface area contributed by atoms with Crippen LogP contribution < -0.4 is 5.73 Å². The van der Waals surface area contributed by atoms with Crippen LogP contribution in [0, 0.1) is 0 Å². The number of hydrogen-bond acceptors (Lipinski definition) is 3. The average molecular weight is 238 g/mol. The first-order valence-corrected chi connectivity index (χ1v) is 6.88. The van der Waals surface area contributed by atoms with E-state index in [1.807, 2.05) is 0 Å². The molecule has 90 valence electrons. The van der Waals surface area contributed by atoms with Crippen molar-refractivity contribution in [1.82, 2.24) is 4.90 Å². The van der Waals surface area contributed by atoms with E-state index in [0.29, 0.717) is 18.6 Å². The molecule has 0 radical (unpaired) electrons. The van der Waals surface area contributed by atoms with Gasteiger partial charge in [0, 0.05) is 23.5 Å².